The summed E-state index contributed by atoms with van der Waals surface area (Å²) in [6, 6.07) is 9.27. The largest absolute Gasteiger partial charge is 0.381 e. The van der Waals surface area contributed by atoms with Gasteiger partial charge in [-0.25, -0.2) is 8.78 Å². The summed E-state index contributed by atoms with van der Waals surface area (Å²) >= 11 is 0. The molecule has 0 bridgehead atoms. The lowest BCUT2D eigenvalue weighted by Crippen LogP contribution is -2.02. The summed E-state index contributed by atoms with van der Waals surface area (Å²) in [5.41, 5.74) is 0.278. The Labute approximate surface area is 107 Å². The third kappa shape index (κ3) is 3.25. The van der Waals surface area contributed by atoms with E-state index in [9.17, 15) is 18.9 Å². The Balaban J connectivity index is 2.16. The van der Waals surface area contributed by atoms with E-state index in [1.807, 2.05) is 0 Å². The standard InChI is InChI=1S/C13H10F2N2O2/c14-10-5-11(7-12(6-10)17(18)19)16-8-9-3-1-2-4-13(9)15/h1-7,16H,8H2. The zero-order chi connectivity index (χ0) is 13.8. The van der Waals surface area contributed by atoms with Crippen LogP contribution in [0.5, 0.6) is 0 Å². The van der Waals surface area contributed by atoms with E-state index in [4.69, 9.17) is 0 Å². The molecule has 0 radical (unpaired) electrons. The number of nitrogens with zero attached hydrogens (tertiary/aromatic N) is 1. The van der Waals surface area contributed by atoms with E-state index in [0.29, 0.717) is 5.56 Å². The van der Waals surface area contributed by atoms with Crippen molar-refractivity contribution in [3.8, 4) is 0 Å². The van der Waals surface area contributed by atoms with Crippen molar-refractivity contribution in [1.82, 2.24) is 0 Å². The Morgan fingerprint density at radius 2 is 1.89 bits per heavy atom. The van der Waals surface area contributed by atoms with Gasteiger partial charge in [-0.05, 0) is 12.1 Å². The van der Waals surface area contributed by atoms with Gasteiger partial charge in [0.1, 0.15) is 11.6 Å². The molecule has 0 spiro atoms. The van der Waals surface area contributed by atoms with Gasteiger partial charge in [0.15, 0.2) is 0 Å². The summed E-state index contributed by atoms with van der Waals surface area (Å²) in [5, 5.41) is 13.3. The fraction of sp³-hybridized carbons (Fsp3) is 0.0769. The zero-order valence-corrected chi connectivity index (χ0v) is 9.77. The first kappa shape index (κ1) is 12.9. The Hall–Kier alpha value is -2.50. The molecule has 0 aliphatic rings. The lowest BCUT2D eigenvalue weighted by atomic mass is 10.2. The van der Waals surface area contributed by atoms with Crippen molar-refractivity contribution >= 4 is 11.4 Å². The maximum absolute atomic E-state index is 13.4. The van der Waals surface area contributed by atoms with Crippen LogP contribution < -0.4 is 5.32 Å². The van der Waals surface area contributed by atoms with E-state index < -0.39 is 10.7 Å². The summed E-state index contributed by atoms with van der Waals surface area (Å²) in [6.45, 7) is 0.118. The molecule has 19 heavy (non-hydrogen) atoms. The number of nitro groups is 1. The van der Waals surface area contributed by atoms with E-state index in [2.05, 4.69) is 5.32 Å². The van der Waals surface area contributed by atoms with Crippen molar-refractivity contribution in [2.45, 2.75) is 6.54 Å². The van der Waals surface area contributed by atoms with Crippen LogP contribution in [0.15, 0.2) is 42.5 Å². The number of hydrogen-bond acceptors (Lipinski definition) is 3. The van der Waals surface area contributed by atoms with Crippen molar-refractivity contribution in [3.05, 3.63) is 69.8 Å². The molecule has 2 rings (SSSR count). The van der Waals surface area contributed by atoms with Crippen molar-refractivity contribution in [2.24, 2.45) is 0 Å². The third-order valence-corrected chi connectivity index (χ3v) is 2.53. The Bertz CT molecular complexity index is 617. The summed E-state index contributed by atoms with van der Waals surface area (Å²) in [4.78, 5) is 9.90. The van der Waals surface area contributed by atoms with E-state index in [1.54, 1.807) is 18.2 Å². The summed E-state index contributed by atoms with van der Waals surface area (Å²) in [5.74, 6) is -1.11. The molecule has 0 aliphatic carbocycles. The van der Waals surface area contributed by atoms with Crippen LogP contribution in [0.1, 0.15) is 5.56 Å². The minimum absolute atomic E-state index is 0.118. The molecule has 2 aromatic carbocycles. The molecule has 0 heterocycles. The van der Waals surface area contributed by atoms with Crippen molar-refractivity contribution < 1.29 is 13.7 Å². The molecular weight excluding hydrogens is 254 g/mol. The number of rotatable bonds is 4. The van der Waals surface area contributed by atoms with Crippen LogP contribution in [-0.4, -0.2) is 4.92 Å². The highest BCUT2D eigenvalue weighted by molar-refractivity contribution is 5.51. The maximum atomic E-state index is 13.4. The molecule has 0 amide bonds. The van der Waals surface area contributed by atoms with Gasteiger partial charge in [0.25, 0.3) is 5.69 Å². The second-order valence-corrected chi connectivity index (χ2v) is 3.90. The quantitative estimate of drug-likeness (QED) is 0.679. The zero-order valence-electron chi connectivity index (χ0n) is 9.77. The first-order valence-electron chi connectivity index (χ1n) is 5.48. The Kier molecular flexibility index (Phi) is 3.70. The van der Waals surface area contributed by atoms with Crippen LogP contribution in [0.4, 0.5) is 20.2 Å². The first-order valence-corrected chi connectivity index (χ1v) is 5.48. The molecule has 0 aliphatic heterocycles. The molecular formula is C13H10F2N2O2. The number of anilines is 1. The number of non-ortho nitro benzene ring substituents is 1. The molecule has 4 nitrogen and oxygen atoms in total. The fourth-order valence-corrected chi connectivity index (χ4v) is 1.62. The van der Waals surface area contributed by atoms with E-state index in [1.165, 1.54) is 12.1 Å². The first-order chi connectivity index (χ1) is 9.06. The van der Waals surface area contributed by atoms with Gasteiger partial charge in [-0.1, -0.05) is 18.2 Å². The van der Waals surface area contributed by atoms with Crippen LogP contribution in [0.2, 0.25) is 0 Å². The van der Waals surface area contributed by atoms with Gasteiger partial charge >= 0.3 is 0 Å². The third-order valence-electron chi connectivity index (χ3n) is 2.53. The lowest BCUT2D eigenvalue weighted by molar-refractivity contribution is -0.385. The normalized spacial score (nSPS) is 10.2. The second kappa shape index (κ2) is 5.43. The summed E-state index contributed by atoms with van der Waals surface area (Å²) in [6.07, 6.45) is 0. The van der Waals surface area contributed by atoms with Crippen molar-refractivity contribution in [2.75, 3.05) is 5.32 Å². The van der Waals surface area contributed by atoms with Gasteiger partial charge in [-0.2, -0.15) is 0 Å². The summed E-state index contributed by atoms with van der Waals surface area (Å²) < 4.78 is 26.5. The molecule has 6 heteroatoms. The highest BCUT2D eigenvalue weighted by Crippen LogP contribution is 2.20. The predicted octanol–water partition coefficient (Wildman–Crippen LogP) is 3.49. The minimum Gasteiger partial charge on any atom is -0.381 e. The van der Waals surface area contributed by atoms with Gasteiger partial charge in [0.05, 0.1) is 11.0 Å². The summed E-state index contributed by atoms with van der Waals surface area (Å²) in [7, 11) is 0. The molecule has 0 saturated carbocycles. The average Bonchev–Trinajstić information content (AvgIpc) is 2.37. The van der Waals surface area contributed by atoms with Crippen LogP contribution in [0.25, 0.3) is 0 Å². The van der Waals surface area contributed by atoms with Gasteiger partial charge in [-0.15, -0.1) is 0 Å². The lowest BCUT2D eigenvalue weighted by Gasteiger charge is -2.07. The fourth-order valence-electron chi connectivity index (χ4n) is 1.62. The number of benzene rings is 2. The molecule has 0 unspecified atom stereocenters. The number of nitro benzene ring substituents is 1. The number of hydrogen-bond donors (Lipinski definition) is 1. The highest BCUT2D eigenvalue weighted by atomic mass is 19.1. The monoisotopic (exact) mass is 264 g/mol. The molecule has 0 atom stereocenters. The van der Waals surface area contributed by atoms with Gasteiger partial charge < -0.3 is 5.32 Å². The Morgan fingerprint density at radius 3 is 2.58 bits per heavy atom. The minimum atomic E-state index is -0.717. The number of nitrogens with one attached hydrogen (secondary N) is 1. The molecule has 0 fully saturated rings. The topological polar surface area (TPSA) is 55.2 Å². The van der Waals surface area contributed by atoms with Crippen molar-refractivity contribution in [3.63, 3.8) is 0 Å². The molecule has 1 N–H and O–H groups in total. The van der Waals surface area contributed by atoms with E-state index in [0.717, 1.165) is 12.1 Å². The Morgan fingerprint density at radius 1 is 1.16 bits per heavy atom. The molecule has 0 saturated heterocycles. The van der Waals surface area contributed by atoms with Crippen LogP contribution in [0, 0.1) is 21.7 Å². The smallest absolute Gasteiger partial charge is 0.274 e. The molecule has 2 aromatic rings. The van der Waals surface area contributed by atoms with Gasteiger partial charge in [-0.3, -0.25) is 10.1 Å². The van der Waals surface area contributed by atoms with E-state index >= 15 is 0 Å². The SMILES string of the molecule is O=[N+]([O-])c1cc(F)cc(NCc2ccccc2F)c1. The van der Waals surface area contributed by atoms with Crippen LogP contribution >= 0.6 is 0 Å². The highest BCUT2D eigenvalue weighted by Gasteiger charge is 2.10. The molecule has 0 aromatic heterocycles. The predicted molar refractivity (Wildman–Crippen MR) is 66.8 cm³/mol. The van der Waals surface area contributed by atoms with Gasteiger partial charge in [0.2, 0.25) is 0 Å². The van der Waals surface area contributed by atoms with Crippen LogP contribution in [-0.2, 0) is 6.54 Å². The van der Waals surface area contributed by atoms with Gasteiger partial charge in [0, 0.05) is 23.9 Å². The molecule has 98 valence electrons. The van der Waals surface area contributed by atoms with Crippen molar-refractivity contribution in [1.29, 1.82) is 0 Å². The second-order valence-electron chi connectivity index (χ2n) is 3.90. The van der Waals surface area contributed by atoms with E-state index in [-0.39, 0.29) is 23.7 Å². The number of halogens is 2. The average molecular weight is 264 g/mol. The van der Waals surface area contributed by atoms with Crippen LogP contribution in [0.3, 0.4) is 0 Å². The maximum Gasteiger partial charge on any atom is 0.274 e.